The summed E-state index contributed by atoms with van der Waals surface area (Å²) in [5, 5.41) is 8.48. The van der Waals surface area contributed by atoms with Crippen molar-refractivity contribution in [3.8, 4) is 11.5 Å². The van der Waals surface area contributed by atoms with Crippen molar-refractivity contribution in [3.63, 3.8) is 0 Å². The molecule has 10 nitrogen and oxygen atoms in total. The third-order valence-corrected chi connectivity index (χ3v) is 5.93. The second-order valence-electron chi connectivity index (χ2n) is 9.14. The van der Waals surface area contributed by atoms with Crippen molar-refractivity contribution in [2.24, 2.45) is 0 Å². The Kier molecular flexibility index (Phi) is 13.4. The highest BCUT2D eigenvalue weighted by molar-refractivity contribution is 6.11. The van der Waals surface area contributed by atoms with Gasteiger partial charge in [0.15, 0.2) is 12.2 Å². The van der Waals surface area contributed by atoms with Gasteiger partial charge in [0.05, 0.1) is 26.4 Å². The molecule has 0 bridgehead atoms. The first kappa shape index (κ1) is 32.2. The van der Waals surface area contributed by atoms with Crippen LogP contribution in [0.15, 0.2) is 73.8 Å². The lowest BCUT2D eigenvalue weighted by molar-refractivity contribution is 0.00566. The van der Waals surface area contributed by atoms with Gasteiger partial charge in [0.2, 0.25) is 0 Å². The maximum Gasteiger partial charge on any atom is 0.407 e. The van der Waals surface area contributed by atoms with Crippen LogP contribution in [0.3, 0.4) is 0 Å². The summed E-state index contributed by atoms with van der Waals surface area (Å²) >= 11 is 0. The minimum absolute atomic E-state index is 0.0611. The van der Waals surface area contributed by atoms with E-state index in [1.165, 1.54) is 0 Å². The van der Waals surface area contributed by atoms with Crippen molar-refractivity contribution >= 4 is 33.7 Å². The Labute approximate surface area is 246 Å². The van der Waals surface area contributed by atoms with E-state index in [9.17, 15) is 9.59 Å². The van der Waals surface area contributed by atoms with Crippen molar-refractivity contribution in [1.29, 1.82) is 0 Å². The molecule has 3 rings (SSSR count). The molecule has 10 heteroatoms. The quantitative estimate of drug-likeness (QED) is 0.117. The van der Waals surface area contributed by atoms with Crippen LogP contribution in [0.25, 0.3) is 21.5 Å². The van der Waals surface area contributed by atoms with Gasteiger partial charge in [0.1, 0.15) is 24.7 Å². The smallest absolute Gasteiger partial charge is 0.407 e. The number of benzene rings is 3. The van der Waals surface area contributed by atoms with Crippen LogP contribution in [0.4, 0.5) is 9.59 Å². The third-order valence-electron chi connectivity index (χ3n) is 5.93. The number of fused-ring (bicyclic) bond motifs is 2. The van der Waals surface area contributed by atoms with E-state index in [4.69, 9.17) is 28.4 Å². The molecule has 226 valence electrons. The lowest BCUT2D eigenvalue weighted by Crippen LogP contribution is -2.35. The van der Waals surface area contributed by atoms with Crippen LogP contribution in [0.1, 0.15) is 13.8 Å². The van der Waals surface area contributed by atoms with Gasteiger partial charge in [0, 0.05) is 34.6 Å². The van der Waals surface area contributed by atoms with E-state index in [1.807, 2.05) is 62.4 Å². The Hall–Kier alpha value is -4.28. The molecule has 0 aromatic heterocycles. The molecule has 42 heavy (non-hydrogen) atoms. The first-order valence-electron chi connectivity index (χ1n) is 14.0. The van der Waals surface area contributed by atoms with E-state index in [0.29, 0.717) is 37.8 Å². The zero-order valence-corrected chi connectivity index (χ0v) is 24.3. The normalized spacial score (nSPS) is 12.2. The van der Waals surface area contributed by atoms with E-state index in [0.717, 1.165) is 21.5 Å². The molecule has 0 fully saturated rings. The van der Waals surface area contributed by atoms with Crippen LogP contribution in [-0.2, 0) is 18.9 Å². The molecule has 2 amide bonds. The highest BCUT2D eigenvalue weighted by Crippen LogP contribution is 2.42. The van der Waals surface area contributed by atoms with Gasteiger partial charge in [0.25, 0.3) is 0 Å². The zero-order valence-electron chi connectivity index (χ0n) is 24.3. The summed E-state index contributed by atoms with van der Waals surface area (Å²) in [6, 6.07) is 15.4. The number of hydrogen-bond donors (Lipinski definition) is 2. The van der Waals surface area contributed by atoms with Crippen molar-refractivity contribution in [2.45, 2.75) is 26.1 Å². The van der Waals surface area contributed by atoms with Gasteiger partial charge in [-0.05, 0) is 13.8 Å². The molecule has 2 atom stereocenters. The van der Waals surface area contributed by atoms with Crippen LogP contribution < -0.4 is 20.1 Å². The van der Waals surface area contributed by atoms with E-state index in [-0.39, 0.29) is 26.4 Å². The molecular weight excluding hydrogens is 540 g/mol. The van der Waals surface area contributed by atoms with Crippen molar-refractivity contribution in [3.05, 3.63) is 73.8 Å². The van der Waals surface area contributed by atoms with Crippen LogP contribution in [0.5, 0.6) is 11.5 Å². The maximum absolute atomic E-state index is 12.1. The number of carbonyl (C=O) groups excluding carboxylic acids is 2. The van der Waals surface area contributed by atoms with Gasteiger partial charge in [-0.3, -0.25) is 0 Å². The summed E-state index contributed by atoms with van der Waals surface area (Å²) < 4.78 is 34.9. The van der Waals surface area contributed by atoms with Crippen LogP contribution in [0.2, 0.25) is 0 Å². The Bertz CT molecular complexity index is 1170. The summed E-state index contributed by atoms with van der Waals surface area (Å²) in [7, 11) is 0. The summed E-state index contributed by atoms with van der Waals surface area (Å²) in [6.07, 6.45) is 0.837. The molecule has 2 N–H and O–H groups in total. The number of carbonyl (C=O) groups is 2. The van der Waals surface area contributed by atoms with E-state index in [2.05, 4.69) is 23.8 Å². The van der Waals surface area contributed by atoms with Gasteiger partial charge in [-0.15, -0.1) is 13.2 Å². The molecule has 0 aliphatic rings. The Balaban J connectivity index is 1.92. The number of rotatable bonds is 18. The first-order chi connectivity index (χ1) is 20.5. The fraction of sp³-hybridized carbons (Fsp3) is 0.375. The van der Waals surface area contributed by atoms with Crippen LogP contribution >= 0.6 is 0 Å². The standard InChI is InChI=1S/C32H40N2O8/c1-5-17-37-19-23(41-31(35)33-7-3)21-39-29-25-13-9-11-15-27(25)30(28-16-12-10-14-26(28)29)40-22-24(20-38-18-6-2)42-32(36)34-8-4/h5-6,9-16,23-24H,1-2,7-8,17-22H2,3-4H3,(H,33,35)(H,34,36). The highest BCUT2D eigenvalue weighted by Gasteiger charge is 2.22. The van der Waals surface area contributed by atoms with E-state index in [1.54, 1.807) is 12.2 Å². The maximum atomic E-state index is 12.1. The largest absolute Gasteiger partial charge is 0.488 e. The molecule has 2 unspecified atom stereocenters. The predicted octanol–water partition coefficient (Wildman–Crippen LogP) is 5.39. The van der Waals surface area contributed by atoms with Gasteiger partial charge >= 0.3 is 12.2 Å². The Morgan fingerprint density at radius 1 is 0.667 bits per heavy atom. The Morgan fingerprint density at radius 3 is 1.33 bits per heavy atom. The summed E-state index contributed by atoms with van der Waals surface area (Å²) in [6.45, 7) is 12.8. The molecule has 3 aromatic carbocycles. The molecule has 0 spiro atoms. The Morgan fingerprint density at radius 2 is 1.02 bits per heavy atom. The highest BCUT2D eigenvalue weighted by atomic mass is 16.6. The van der Waals surface area contributed by atoms with Crippen molar-refractivity contribution in [1.82, 2.24) is 10.6 Å². The second-order valence-corrected chi connectivity index (χ2v) is 9.14. The zero-order chi connectivity index (χ0) is 30.2. The number of nitrogens with one attached hydrogen (secondary N) is 2. The summed E-state index contributed by atoms with van der Waals surface area (Å²) in [5.74, 6) is 1.23. The number of alkyl carbamates (subject to hydrolysis) is 2. The predicted molar refractivity (Wildman–Crippen MR) is 162 cm³/mol. The van der Waals surface area contributed by atoms with Gasteiger partial charge in [-0.25, -0.2) is 9.59 Å². The van der Waals surface area contributed by atoms with Gasteiger partial charge in [-0.2, -0.15) is 0 Å². The first-order valence-corrected chi connectivity index (χ1v) is 14.0. The molecule has 0 saturated carbocycles. The third kappa shape index (κ3) is 9.39. The van der Waals surface area contributed by atoms with Crippen molar-refractivity contribution in [2.75, 3.05) is 52.7 Å². The number of hydrogen-bond acceptors (Lipinski definition) is 8. The molecule has 3 aromatic rings. The van der Waals surface area contributed by atoms with Gasteiger partial charge < -0.3 is 39.1 Å². The average Bonchev–Trinajstić information content (AvgIpc) is 2.98. The second kappa shape index (κ2) is 17.5. The molecule has 0 aliphatic heterocycles. The summed E-state index contributed by atoms with van der Waals surface area (Å²) in [4.78, 5) is 24.3. The molecule has 0 radical (unpaired) electrons. The molecule has 0 saturated heterocycles. The lowest BCUT2D eigenvalue weighted by atomic mass is 10.0. The monoisotopic (exact) mass is 580 g/mol. The van der Waals surface area contributed by atoms with Gasteiger partial charge in [-0.1, -0.05) is 60.7 Å². The number of ether oxygens (including phenoxy) is 6. The molecule has 0 aliphatic carbocycles. The number of amides is 2. The topological polar surface area (TPSA) is 114 Å². The fourth-order valence-electron chi connectivity index (χ4n) is 4.18. The SMILES string of the molecule is C=CCOCC(COc1c2ccccc2c(OCC(COCC=C)OC(=O)NCC)c2ccccc12)OC(=O)NCC. The van der Waals surface area contributed by atoms with E-state index >= 15 is 0 Å². The summed E-state index contributed by atoms with van der Waals surface area (Å²) in [5.41, 5.74) is 0. The minimum Gasteiger partial charge on any atom is -0.488 e. The molecule has 0 heterocycles. The van der Waals surface area contributed by atoms with Crippen molar-refractivity contribution < 1.29 is 38.0 Å². The van der Waals surface area contributed by atoms with Crippen LogP contribution in [-0.4, -0.2) is 77.1 Å². The van der Waals surface area contributed by atoms with Crippen LogP contribution in [0, 0.1) is 0 Å². The van der Waals surface area contributed by atoms with E-state index < -0.39 is 24.4 Å². The average molecular weight is 581 g/mol. The lowest BCUT2D eigenvalue weighted by Gasteiger charge is -2.23. The fourth-order valence-corrected chi connectivity index (χ4v) is 4.18. The molecular formula is C32H40N2O8. The minimum atomic E-state index is -0.660.